The van der Waals surface area contributed by atoms with Crippen LogP contribution in [0.2, 0.25) is 0 Å². The number of para-hydroxylation sites is 1. The van der Waals surface area contributed by atoms with E-state index in [4.69, 9.17) is 8.83 Å². The van der Waals surface area contributed by atoms with Crippen LogP contribution in [0, 0.1) is 6.92 Å². The summed E-state index contributed by atoms with van der Waals surface area (Å²) in [5.41, 5.74) is 2.35. The number of ketones is 1. The van der Waals surface area contributed by atoms with Crippen molar-refractivity contribution in [2.24, 2.45) is 0 Å². The molecule has 0 aliphatic rings. The summed E-state index contributed by atoms with van der Waals surface area (Å²) in [5, 5.41) is 11.9. The van der Waals surface area contributed by atoms with Crippen LogP contribution in [0.15, 0.2) is 51.3 Å². The van der Waals surface area contributed by atoms with E-state index in [1.165, 1.54) is 0 Å². The zero-order valence-electron chi connectivity index (χ0n) is 15.8. The van der Waals surface area contributed by atoms with Gasteiger partial charge in [-0.15, -0.1) is 12.4 Å². The van der Waals surface area contributed by atoms with Crippen molar-refractivity contribution in [3.8, 4) is 5.75 Å². The Morgan fingerprint density at radius 1 is 1.07 bits per heavy atom. The van der Waals surface area contributed by atoms with Crippen molar-refractivity contribution in [3.05, 3.63) is 65.1 Å². The molecule has 2 aromatic heterocycles. The molecule has 0 aliphatic heterocycles. The lowest BCUT2D eigenvalue weighted by Gasteiger charge is -2.12. The fourth-order valence-electron chi connectivity index (χ4n) is 3.33. The first kappa shape index (κ1) is 21.5. The lowest BCUT2D eigenvalue weighted by Crippen LogP contribution is -2.12. The zero-order chi connectivity index (χ0) is 18.4. The summed E-state index contributed by atoms with van der Waals surface area (Å²) in [5.74, 6) is 0.668. The van der Waals surface area contributed by atoms with E-state index in [9.17, 15) is 9.90 Å². The van der Waals surface area contributed by atoms with Gasteiger partial charge in [-0.25, -0.2) is 0 Å². The summed E-state index contributed by atoms with van der Waals surface area (Å²) in [6.07, 6.45) is 0. The van der Waals surface area contributed by atoms with Crippen molar-refractivity contribution in [2.45, 2.75) is 13.5 Å². The number of halogens is 1. The van der Waals surface area contributed by atoms with Crippen LogP contribution in [-0.2, 0) is 6.54 Å². The third-order valence-electron chi connectivity index (χ3n) is 4.47. The number of fused-ring (bicyclic) bond motifs is 2. The second-order valence-corrected chi connectivity index (χ2v) is 6.69. The first-order valence-electron chi connectivity index (χ1n) is 8.37. The molecule has 0 amide bonds. The van der Waals surface area contributed by atoms with Gasteiger partial charge in [-0.2, -0.15) is 0 Å². The number of rotatable bonds is 4. The van der Waals surface area contributed by atoms with E-state index in [-0.39, 0.29) is 35.2 Å². The first-order valence-corrected chi connectivity index (χ1v) is 8.37. The molecule has 28 heavy (non-hydrogen) atoms. The molecule has 0 unspecified atom stereocenters. The summed E-state index contributed by atoms with van der Waals surface area (Å²) >= 11 is 0. The molecule has 2 aromatic carbocycles. The Hall–Kier alpha value is -2.80. The van der Waals surface area contributed by atoms with Crippen molar-refractivity contribution in [2.75, 3.05) is 14.1 Å². The van der Waals surface area contributed by atoms with Gasteiger partial charge >= 0.3 is 0 Å². The molecule has 0 radical (unpaired) electrons. The van der Waals surface area contributed by atoms with Crippen LogP contribution in [0.1, 0.15) is 27.4 Å². The Kier molecular flexibility index (Phi) is 6.19. The SMILES string of the molecule is Cc1oc2ccc(O)c(CN(C)C)c2c1C(=O)c1cc2ccccc2o1.Cl.O. The number of nitrogens with zero attached hydrogens (tertiary/aromatic N) is 1. The standard InChI is InChI=1S/C21H19NO4.ClH.H2O/c1-12-19(21(24)18-10-13-6-4-5-7-16(13)26-18)20-14(11-22(2)3)15(23)8-9-17(20)25-12;;/h4-10,23H,11H2,1-3H3;1H;1H2. The number of phenols is 1. The summed E-state index contributed by atoms with van der Waals surface area (Å²) in [6, 6.07) is 12.5. The number of furan rings is 2. The second kappa shape index (κ2) is 8.06. The van der Waals surface area contributed by atoms with Gasteiger partial charge in [0.05, 0.1) is 5.56 Å². The van der Waals surface area contributed by atoms with Crippen molar-refractivity contribution in [1.29, 1.82) is 0 Å². The Morgan fingerprint density at radius 3 is 2.46 bits per heavy atom. The number of benzene rings is 2. The average molecular weight is 404 g/mol. The molecular formula is C21H22ClNO5. The number of phenolic OH excluding ortho intramolecular Hbond substituents is 1. The minimum atomic E-state index is -0.247. The highest BCUT2D eigenvalue weighted by molar-refractivity contribution is 6.17. The second-order valence-electron chi connectivity index (χ2n) is 6.69. The molecule has 3 N–H and O–H groups in total. The third kappa shape index (κ3) is 3.49. The Morgan fingerprint density at radius 2 is 1.79 bits per heavy atom. The minimum absolute atomic E-state index is 0. The van der Waals surface area contributed by atoms with Crippen LogP contribution in [0.4, 0.5) is 0 Å². The van der Waals surface area contributed by atoms with Gasteiger partial charge in [-0.05, 0) is 45.3 Å². The van der Waals surface area contributed by atoms with Gasteiger partial charge in [0.2, 0.25) is 5.78 Å². The highest BCUT2D eigenvalue weighted by Gasteiger charge is 2.26. The number of carbonyl (C=O) groups excluding carboxylic acids is 1. The monoisotopic (exact) mass is 403 g/mol. The van der Waals surface area contributed by atoms with Gasteiger partial charge in [0.1, 0.15) is 22.7 Å². The lowest BCUT2D eigenvalue weighted by atomic mass is 9.99. The highest BCUT2D eigenvalue weighted by atomic mass is 35.5. The molecular weight excluding hydrogens is 382 g/mol. The van der Waals surface area contributed by atoms with E-state index >= 15 is 0 Å². The van der Waals surface area contributed by atoms with Crippen LogP contribution >= 0.6 is 12.4 Å². The molecule has 0 aliphatic carbocycles. The molecule has 7 heteroatoms. The molecule has 0 atom stereocenters. The zero-order valence-corrected chi connectivity index (χ0v) is 16.6. The topological polar surface area (TPSA) is 98.3 Å². The van der Waals surface area contributed by atoms with Crippen LogP contribution in [0.25, 0.3) is 21.9 Å². The quantitative estimate of drug-likeness (QED) is 0.517. The number of hydrogen-bond acceptors (Lipinski definition) is 5. The predicted molar refractivity (Wildman–Crippen MR) is 111 cm³/mol. The fraction of sp³-hybridized carbons (Fsp3) is 0.190. The van der Waals surface area contributed by atoms with Gasteiger partial charge in [0, 0.05) is 22.9 Å². The Balaban J connectivity index is 0.00000140. The number of aryl methyl sites for hydroxylation is 1. The smallest absolute Gasteiger partial charge is 0.232 e. The number of aromatic hydroxyl groups is 1. The van der Waals surface area contributed by atoms with E-state index in [0.717, 1.165) is 5.39 Å². The first-order chi connectivity index (χ1) is 12.5. The Labute approximate surface area is 168 Å². The number of hydrogen-bond donors (Lipinski definition) is 1. The van der Waals surface area contributed by atoms with Crippen molar-refractivity contribution >= 4 is 40.1 Å². The summed E-state index contributed by atoms with van der Waals surface area (Å²) in [6.45, 7) is 2.24. The molecule has 0 saturated heterocycles. The van der Waals surface area contributed by atoms with E-state index in [1.54, 1.807) is 25.1 Å². The molecule has 2 heterocycles. The van der Waals surface area contributed by atoms with Crippen LogP contribution in [0.3, 0.4) is 0 Å². The maximum absolute atomic E-state index is 13.2. The van der Waals surface area contributed by atoms with E-state index in [2.05, 4.69) is 0 Å². The third-order valence-corrected chi connectivity index (χ3v) is 4.47. The molecule has 0 fully saturated rings. The molecule has 0 spiro atoms. The van der Waals surface area contributed by atoms with Gasteiger partial charge in [0.25, 0.3) is 0 Å². The largest absolute Gasteiger partial charge is 0.508 e. The molecule has 148 valence electrons. The summed E-state index contributed by atoms with van der Waals surface area (Å²) in [4.78, 5) is 15.1. The maximum atomic E-state index is 13.2. The van der Waals surface area contributed by atoms with Crippen LogP contribution in [-0.4, -0.2) is 35.4 Å². The van der Waals surface area contributed by atoms with Crippen molar-refractivity contribution in [3.63, 3.8) is 0 Å². The molecule has 4 rings (SSSR count). The summed E-state index contributed by atoms with van der Waals surface area (Å²) in [7, 11) is 3.82. The van der Waals surface area contributed by atoms with Crippen molar-refractivity contribution < 1.29 is 24.2 Å². The molecule has 4 aromatic rings. The van der Waals surface area contributed by atoms with Gasteiger partial charge in [-0.1, -0.05) is 18.2 Å². The van der Waals surface area contributed by atoms with Gasteiger partial charge < -0.3 is 24.3 Å². The molecule has 6 nitrogen and oxygen atoms in total. The average Bonchev–Trinajstić information content (AvgIpc) is 3.17. The molecule has 0 saturated carbocycles. The van der Waals surface area contributed by atoms with E-state index in [1.807, 2.05) is 43.3 Å². The normalized spacial score (nSPS) is 10.9. The number of carbonyl (C=O) groups is 1. The lowest BCUT2D eigenvalue weighted by molar-refractivity contribution is 0.101. The van der Waals surface area contributed by atoms with Gasteiger partial charge in [-0.3, -0.25) is 4.79 Å². The predicted octanol–water partition coefficient (Wildman–Crippen LogP) is 4.08. The maximum Gasteiger partial charge on any atom is 0.232 e. The highest BCUT2D eigenvalue weighted by Crippen LogP contribution is 2.36. The van der Waals surface area contributed by atoms with Crippen LogP contribution < -0.4 is 0 Å². The van der Waals surface area contributed by atoms with Gasteiger partial charge in [0.15, 0.2) is 5.76 Å². The summed E-state index contributed by atoms with van der Waals surface area (Å²) < 4.78 is 11.5. The Bertz CT molecular complexity index is 1110. The fourth-order valence-corrected chi connectivity index (χ4v) is 3.33. The van der Waals surface area contributed by atoms with E-state index in [0.29, 0.717) is 40.0 Å². The molecule has 0 bridgehead atoms. The van der Waals surface area contributed by atoms with E-state index < -0.39 is 0 Å². The van der Waals surface area contributed by atoms with Crippen LogP contribution in [0.5, 0.6) is 5.75 Å². The van der Waals surface area contributed by atoms with Crippen molar-refractivity contribution in [1.82, 2.24) is 4.90 Å². The minimum Gasteiger partial charge on any atom is -0.508 e.